The van der Waals surface area contributed by atoms with Crippen molar-refractivity contribution < 1.29 is 18.8 Å². The molecule has 1 unspecified atom stereocenters. The van der Waals surface area contributed by atoms with Crippen molar-refractivity contribution in [3.8, 4) is 11.5 Å². The van der Waals surface area contributed by atoms with Gasteiger partial charge in [0.2, 0.25) is 5.89 Å². The molecule has 0 aliphatic carbocycles. The number of carbonyl (C=O) groups is 1. The third-order valence-electron chi connectivity index (χ3n) is 4.81. The fourth-order valence-electron chi connectivity index (χ4n) is 3.24. The molecule has 4 aromatic rings. The lowest BCUT2D eigenvalue weighted by Gasteiger charge is -2.04. The Labute approximate surface area is 175 Å². The van der Waals surface area contributed by atoms with E-state index in [-0.39, 0.29) is 0 Å². The normalized spacial score (nSPS) is 12.3. The molecule has 2 aromatic carbocycles. The van der Waals surface area contributed by atoms with Crippen LogP contribution >= 0.6 is 15.9 Å². The molecule has 0 aliphatic rings. The molecule has 0 amide bonds. The number of halogens is 1. The van der Waals surface area contributed by atoms with E-state index in [2.05, 4.69) is 26.1 Å². The Bertz CT molecular complexity index is 1150. The van der Waals surface area contributed by atoms with Gasteiger partial charge in [-0.2, -0.15) is 0 Å². The summed E-state index contributed by atoms with van der Waals surface area (Å²) in [4.78, 5) is 15.0. The summed E-state index contributed by atoms with van der Waals surface area (Å²) in [5, 5.41) is 14.2. The first kappa shape index (κ1) is 19.4. The van der Waals surface area contributed by atoms with Gasteiger partial charge in [0.1, 0.15) is 10.6 Å². The molecule has 0 saturated carbocycles. The predicted molar refractivity (Wildman–Crippen MR) is 112 cm³/mol. The van der Waals surface area contributed by atoms with E-state index in [0.717, 1.165) is 33.7 Å². The number of hydrogen-bond acceptors (Lipinski definition) is 5. The van der Waals surface area contributed by atoms with Crippen molar-refractivity contribution in [3.05, 3.63) is 71.2 Å². The van der Waals surface area contributed by atoms with Gasteiger partial charge in [0.05, 0.1) is 11.4 Å². The maximum Gasteiger partial charge on any atom is 0.317 e. The summed E-state index contributed by atoms with van der Waals surface area (Å²) >= 11 is 3.16. The largest absolute Gasteiger partial charge is 0.480 e. The van der Waals surface area contributed by atoms with E-state index in [4.69, 9.17) is 14.0 Å². The van der Waals surface area contributed by atoms with Crippen LogP contribution in [0.4, 0.5) is 0 Å². The second kappa shape index (κ2) is 8.21. The third kappa shape index (κ3) is 4.24. The Morgan fingerprint density at radius 1 is 1.14 bits per heavy atom. The van der Waals surface area contributed by atoms with Crippen LogP contribution in [-0.2, 0) is 24.1 Å². The summed E-state index contributed by atoms with van der Waals surface area (Å²) in [6, 6.07) is 15.5. The van der Waals surface area contributed by atoms with Crippen LogP contribution in [0.3, 0.4) is 0 Å². The second-order valence-corrected chi connectivity index (χ2v) is 7.96. The first-order valence-corrected chi connectivity index (χ1v) is 10.2. The average molecular weight is 455 g/mol. The fraction of sp³-hybridized carbons (Fsp3) is 0.227. The molecule has 1 atom stereocenters. The summed E-state index contributed by atoms with van der Waals surface area (Å²) in [6.45, 7) is 1.92. The van der Waals surface area contributed by atoms with Crippen molar-refractivity contribution >= 4 is 32.9 Å². The van der Waals surface area contributed by atoms with Crippen LogP contribution in [-0.4, -0.2) is 26.0 Å². The predicted octanol–water partition coefficient (Wildman–Crippen LogP) is 4.97. The van der Waals surface area contributed by atoms with Gasteiger partial charge in [0, 0.05) is 10.9 Å². The number of oxazole rings is 1. The summed E-state index contributed by atoms with van der Waals surface area (Å²) in [7, 11) is 0. The lowest BCUT2D eigenvalue weighted by molar-refractivity contribution is -0.136. The molecular formula is C22H19BrN2O4. The van der Waals surface area contributed by atoms with Crippen LogP contribution in [0.25, 0.3) is 22.4 Å². The molecule has 0 saturated heterocycles. The molecule has 0 aliphatic heterocycles. The van der Waals surface area contributed by atoms with Crippen LogP contribution in [0.1, 0.15) is 22.7 Å². The summed E-state index contributed by atoms with van der Waals surface area (Å²) in [5.41, 5.74) is 4.24. The topological polar surface area (TPSA) is 89.4 Å². The third-order valence-corrected chi connectivity index (χ3v) is 5.52. The number of hydrogen-bond donors (Lipinski definition) is 1. The lowest BCUT2D eigenvalue weighted by atomic mass is 10.1. The Kier molecular flexibility index (Phi) is 5.49. The molecule has 0 spiro atoms. The van der Waals surface area contributed by atoms with E-state index >= 15 is 0 Å². The van der Waals surface area contributed by atoms with Gasteiger partial charge in [-0.15, -0.1) is 0 Å². The molecule has 2 heterocycles. The van der Waals surface area contributed by atoms with Gasteiger partial charge in [-0.05, 0) is 56.0 Å². The van der Waals surface area contributed by atoms with Gasteiger partial charge in [0.25, 0.3) is 0 Å². The number of carboxylic acid groups (broad SMARTS) is 1. The smallest absolute Gasteiger partial charge is 0.317 e. The second-order valence-electron chi connectivity index (χ2n) is 6.86. The van der Waals surface area contributed by atoms with Crippen LogP contribution in [0.2, 0.25) is 0 Å². The van der Waals surface area contributed by atoms with Gasteiger partial charge in [0.15, 0.2) is 5.58 Å². The van der Waals surface area contributed by atoms with Crippen molar-refractivity contribution in [1.29, 1.82) is 0 Å². The Hall–Kier alpha value is -2.93. The molecule has 6 nitrogen and oxygen atoms in total. The summed E-state index contributed by atoms with van der Waals surface area (Å²) in [5.74, 6) is 0.535. The van der Waals surface area contributed by atoms with E-state index in [0.29, 0.717) is 30.7 Å². The van der Waals surface area contributed by atoms with Crippen molar-refractivity contribution in [2.24, 2.45) is 0 Å². The lowest BCUT2D eigenvalue weighted by Crippen LogP contribution is -2.15. The average Bonchev–Trinajstić information content (AvgIpc) is 3.29. The first-order valence-electron chi connectivity index (χ1n) is 9.27. The number of rotatable bonds is 7. The number of aromatic nitrogens is 2. The minimum atomic E-state index is -0.888. The number of nitrogens with zero attached hydrogens (tertiary/aromatic N) is 2. The van der Waals surface area contributed by atoms with Crippen molar-refractivity contribution in [2.45, 2.75) is 31.0 Å². The molecule has 1 N–H and O–H groups in total. The Balaban J connectivity index is 1.49. The molecule has 29 heavy (non-hydrogen) atoms. The maximum absolute atomic E-state index is 11.0. The molecule has 2 aromatic heterocycles. The number of alkyl halides is 1. The van der Waals surface area contributed by atoms with E-state index in [1.54, 1.807) is 0 Å². The monoisotopic (exact) mass is 454 g/mol. The summed E-state index contributed by atoms with van der Waals surface area (Å²) in [6.07, 6.45) is 1.74. The standard InChI is InChI=1S/C22H19BrN2O4/c1-13-18(24-21(28-13)15-5-3-2-4-6-15)9-10-19-16-8-7-14(11-17(23)22(26)27)12-20(16)29-25-19/h2-8,12,17H,9-11H2,1H3,(H,26,27). The van der Waals surface area contributed by atoms with E-state index in [9.17, 15) is 4.79 Å². The number of aryl methyl sites for hydroxylation is 3. The highest BCUT2D eigenvalue weighted by atomic mass is 79.9. The number of carboxylic acids is 1. The highest BCUT2D eigenvalue weighted by Crippen LogP contribution is 2.25. The molecule has 0 radical (unpaired) electrons. The number of aliphatic carboxylic acids is 1. The maximum atomic E-state index is 11.0. The van der Waals surface area contributed by atoms with Gasteiger partial charge >= 0.3 is 5.97 Å². The minimum Gasteiger partial charge on any atom is -0.480 e. The first-order chi connectivity index (χ1) is 14.0. The fourth-order valence-corrected chi connectivity index (χ4v) is 3.61. The van der Waals surface area contributed by atoms with Crippen molar-refractivity contribution in [1.82, 2.24) is 10.1 Å². The highest BCUT2D eigenvalue weighted by molar-refractivity contribution is 9.10. The molecule has 0 fully saturated rings. The SMILES string of the molecule is Cc1oc(-c2ccccc2)nc1CCc1noc2cc(CC(Br)C(=O)O)ccc12. The minimum absolute atomic E-state index is 0.377. The molecule has 0 bridgehead atoms. The van der Waals surface area contributed by atoms with Crippen LogP contribution in [0.15, 0.2) is 57.5 Å². The van der Waals surface area contributed by atoms with Crippen molar-refractivity contribution in [2.75, 3.05) is 0 Å². The van der Waals surface area contributed by atoms with Crippen LogP contribution in [0, 0.1) is 6.92 Å². The van der Waals surface area contributed by atoms with Crippen molar-refractivity contribution in [3.63, 3.8) is 0 Å². The van der Waals surface area contributed by atoms with Crippen LogP contribution < -0.4 is 0 Å². The number of benzene rings is 2. The van der Waals surface area contributed by atoms with Gasteiger partial charge in [-0.25, -0.2) is 4.98 Å². The van der Waals surface area contributed by atoms with Gasteiger partial charge in [-0.3, -0.25) is 4.79 Å². The quantitative estimate of drug-likeness (QED) is 0.396. The molecule has 4 rings (SSSR count). The van der Waals surface area contributed by atoms with E-state index < -0.39 is 10.8 Å². The zero-order valence-electron chi connectivity index (χ0n) is 15.8. The number of fused-ring (bicyclic) bond motifs is 1. The van der Waals surface area contributed by atoms with Crippen LogP contribution in [0.5, 0.6) is 0 Å². The molecule has 7 heteroatoms. The zero-order valence-corrected chi connectivity index (χ0v) is 17.3. The highest BCUT2D eigenvalue weighted by Gasteiger charge is 2.17. The Morgan fingerprint density at radius 3 is 2.66 bits per heavy atom. The molecular weight excluding hydrogens is 436 g/mol. The van der Waals surface area contributed by atoms with Gasteiger partial charge < -0.3 is 14.0 Å². The Morgan fingerprint density at radius 2 is 1.90 bits per heavy atom. The van der Waals surface area contributed by atoms with E-state index in [1.807, 2.05) is 55.5 Å². The van der Waals surface area contributed by atoms with Gasteiger partial charge in [-0.1, -0.05) is 45.4 Å². The molecule has 148 valence electrons. The van der Waals surface area contributed by atoms with E-state index in [1.165, 1.54) is 0 Å². The summed E-state index contributed by atoms with van der Waals surface area (Å²) < 4.78 is 11.3. The zero-order chi connectivity index (χ0) is 20.4.